The van der Waals surface area contributed by atoms with Gasteiger partial charge in [-0.3, -0.25) is 9.59 Å². The number of hydrogen-bond acceptors (Lipinski definition) is 6. The molecule has 8 heteroatoms. The monoisotopic (exact) mass is 355 g/mol. The number of nitrogens with zero attached hydrogens (tertiary/aromatic N) is 3. The van der Waals surface area contributed by atoms with Gasteiger partial charge < -0.3 is 15.5 Å². The van der Waals surface area contributed by atoms with Gasteiger partial charge in [0, 0.05) is 37.5 Å². The van der Waals surface area contributed by atoms with Crippen LogP contribution in [0.5, 0.6) is 0 Å². The van der Waals surface area contributed by atoms with E-state index in [9.17, 15) is 9.59 Å². The van der Waals surface area contributed by atoms with Crippen molar-refractivity contribution in [1.82, 2.24) is 9.88 Å². The third kappa shape index (κ3) is 3.95. The van der Waals surface area contributed by atoms with E-state index in [0.717, 1.165) is 10.4 Å². The van der Waals surface area contributed by atoms with E-state index >= 15 is 0 Å². The van der Waals surface area contributed by atoms with Crippen LogP contribution in [-0.4, -0.2) is 34.8 Å². The molecule has 1 aliphatic heterocycles. The van der Waals surface area contributed by atoms with Gasteiger partial charge in [0.2, 0.25) is 11.8 Å². The Hall–Kier alpha value is -2.92. The average molecular weight is 355 g/mol. The van der Waals surface area contributed by atoms with Crippen molar-refractivity contribution in [3.05, 3.63) is 30.5 Å². The van der Waals surface area contributed by atoms with Gasteiger partial charge in [0.05, 0.1) is 10.8 Å². The van der Waals surface area contributed by atoms with Crippen LogP contribution in [0.3, 0.4) is 0 Å². The molecule has 2 heterocycles. The lowest BCUT2D eigenvalue weighted by Gasteiger charge is -2.09. The molecule has 1 saturated heterocycles. The molecule has 0 bridgehead atoms. The van der Waals surface area contributed by atoms with Crippen LogP contribution in [0.2, 0.25) is 0 Å². The number of amides is 2. The first-order chi connectivity index (χ1) is 12.1. The largest absolute Gasteiger partial charge is 0.326 e. The zero-order valence-corrected chi connectivity index (χ0v) is 14.5. The van der Waals surface area contributed by atoms with Crippen molar-refractivity contribution in [2.24, 2.45) is 5.92 Å². The lowest BCUT2D eigenvalue weighted by atomic mass is 10.1. The molecule has 1 aromatic carbocycles. The molecule has 1 unspecified atom stereocenters. The van der Waals surface area contributed by atoms with Crippen LogP contribution in [0.1, 0.15) is 13.3 Å². The second-order valence-electron chi connectivity index (χ2n) is 5.78. The molecular formula is C17H17N5O2S. The third-order valence-corrected chi connectivity index (χ3v) is 4.89. The highest BCUT2D eigenvalue weighted by Crippen LogP contribution is 2.34. The van der Waals surface area contributed by atoms with E-state index in [2.05, 4.69) is 21.8 Å². The Balaban J connectivity index is 1.72. The highest BCUT2D eigenvalue weighted by Gasteiger charge is 2.28. The molecule has 1 fully saturated rings. The van der Waals surface area contributed by atoms with Crippen LogP contribution in [-0.2, 0) is 9.59 Å². The quantitative estimate of drug-likeness (QED) is 0.821. The number of rotatable bonds is 4. The lowest BCUT2D eigenvalue weighted by molar-refractivity contribution is -0.119. The molecular weight excluding hydrogens is 338 g/mol. The average Bonchev–Trinajstić information content (AvgIpc) is 3.24. The van der Waals surface area contributed by atoms with Crippen LogP contribution in [0, 0.1) is 17.4 Å². The highest BCUT2D eigenvalue weighted by atomic mass is 32.1. The number of benzene rings is 1. The van der Waals surface area contributed by atoms with Crippen molar-refractivity contribution in [3.8, 4) is 16.6 Å². The van der Waals surface area contributed by atoms with Gasteiger partial charge in [0.1, 0.15) is 0 Å². The van der Waals surface area contributed by atoms with Gasteiger partial charge in [-0.05, 0) is 12.5 Å². The second-order valence-corrected chi connectivity index (χ2v) is 6.81. The molecule has 0 radical (unpaired) electrons. The number of para-hydroxylation sites is 1. The minimum atomic E-state index is -0.196. The van der Waals surface area contributed by atoms with E-state index in [1.807, 2.05) is 24.3 Å². The topological polar surface area (TPSA) is 98.1 Å². The van der Waals surface area contributed by atoms with E-state index < -0.39 is 0 Å². The number of aromatic nitrogens is 1. The Labute approximate surface area is 149 Å². The number of carbonyl (C=O) groups excluding carboxylic acids is 2. The Morgan fingerprint density at radius 3 is 2.88 bits per heavy atom. The van der Waals surface area contributed by atoms with E-state index in [-0.39, 0.29) is 17.7 Å². The van der Waals surface area contributed by atoms with Crippen LogP contribution in [0.4, 0.5) is 10.8 Å². The fourth-order valence-electron chi connectivity index (χ4n) is 2.73. The molecule has 2 amide bonds. The molecule has 0 saturated carbocycles. The smallest absolute Gasteiger partial charge is 0.231 e. The summed E-state index contributed by atoms with van der Waals surface area (Å²) in [5.74, 6) is -0.457. The normalized spacial score (nSPS) is 16.3. The van der Waals surface area contributed by atoms with E-state index in [1.165, 1.54) is 18.3 Å². The van der Waals surface area contributed by atoms with Gasteiger partial charge in [-0.15, -0.1) is 0 Å². The zero-order valence-electron chi connectivity index (χ0n) is 13.7. The minimum absolute atomic E-state index is 0.117. The van der Waals surface area contributed by atoms with Crippen LogP contribution in [0.25, 0.3) is 10.4 Å². The van der Waals surface area contributed by atoms with Crippen LogP contribution in [0.15, 0.2) is 30.5 Å². The summed E-state index contributed by atoms with van der Waals surface area (Å²) in [7, 11) is 0. The summed E-state index contributed by atoms with van der Waals surface area (Å²) < 4.78 is 0. The number of anilines is 2. The van der Waals surface area contributed by atoms with Crippen molar-refractivity contribution < 1.29 is 9.59 Å². The Kier molecular flexibility index (Phi) is 4.95. The molecule has 0 aliphatic carbocycles. The summed E-state index contributed by atoms with van der Waals surface area (Å²) in [6.45, 7) is 2.52. The Morgan fingerprint density at radius 2 is 2.16 bits per heavy atom. The molecule has 25 heavy (non-hydrogen) atoms. The van der Waals surface area contributed by atoms with Gasteiger partial charge in [-0.25, -0.2) is 4.98 Å². The van der Waals surface area contributed by atoms with Crippen molar-refractivity contribution in [1.29, 1.82) is 5.26 Å². The maximum Gasteiger partial charge on any atom is 0.231 e. The molecule has 0 spiro atoms. The number of nitrogens with one attached hydrogen (secondary N) is 2. The van der Waals surface area contributed by atoms with Gasteiger partial charge in [-0.2, -0.15) is 5.26 Å². The van der Waals surface area contributed by atoms with E-state index in [1.54, 1.807) is 11.1 Å². The summed E-state index contributed by atoms with van der Waals surface area (Å²) >= 11 is 1.35. The molecule has 1 aliphatic rings. The number of hydrogen-bond donors (Lipinski definition) is 2. The number of carbonyl (C=O) groups is 2. The molecule has 1 aromatic heterocycles. The predicted octanol–water partition coefficient (Wildman–Crippen LogP) is 2.51. The first-order valence-electron chi connectivity index (χ1n) is 7.85. The molecule has 3 rings (SSSR count). The molecule has 128 valence electrons. The van der Waals surface area contributed by atoms with Gasteiger partial charge >= 0.3 is 0 Å². The Bertz CT molecular complexity index is 842. The standard InChI is InChI=1S/C17H17N5O2S/c1-11(23)20-14-5-3-2-4-13(14)15-8-19-17(25-15)21-16(24)12-6-7-22(9-12)10-18/h2-5,8,12H,6-7,9H2,1H3,(H,20,23)(H,19,21,24). The molecule has 2 N–H and O–H groups in total. The summed E-state index contributed by atoms with van der Waals surface area (Å²) in [5, 5.41) is 15.0. The lowest BCUT2D eigenvalue weighted by Crippen LogP contribution is -2.25. The number of likely N-dealkylation sites (tertiary alicyclic amines) is 1. The van der Waals surface area contributed by atoms with Gasteiger partial charge in [-0.1, -0.05) is 29.5 Å². The third-order valence-electron chi connectivity index (χ3n) is 3.94. The van der Waals surface area contributed by atoms with Crippen LogP contribution < -0.4 is 10.6 Å². The fraction of sp³-hybridized carbons (Fsp3) is 0.294. The second kappa shape index (κ2) is 7.32. The Morgan fingerprint density at radius 1 is 1.36 bits per heavy atom. The molecule has 7 nitrogen and oxygen atoms in total. The highest BCUT2D eigenvalue weighted by molar-refractivity contribution is 7.19. The van der Waals surface area contributed by atoms with Crippen LogP contribution >= 0.6 is 11.3 Å². The maximum atomic E-state index is 12.3. The summed E-state index contributed by atoms with van der Waals surface area (Å²) in [6, 6.07) is 7.45. The summed E-state index contributed by atoms with van der Waals surface area (Å²) in [5.41, 5.74) is 1.56. The van der Waals surface area contributed by atoms with Gasteiger partial charge in [0.25, 0.3) is 0 Å². The first kappa shape index (κ1) is 16.9. The summed E-state index contributed by atoms with van der Waals surface area (Å²) in [4.78, 5) is 30.3. The molecule has 1 atom stereocenters. The van der Waals surface area contributed by atoms with Gasteiger partial charge in [0.15, 0.2) is 11.3 Å². The maximum absolute atomic E-state index is 12.3. The van der Waals surface area contributed by atoms with E-state index in [0.29, 0.717) is 30.3 Å². The molecule has 2 aromatic rings. The predicted molar refractivity (Wildman–Crippen MR) is 95.8 cm³/mol. The first-order valence-corrected chi connectivity index (χ1v) is 8.67. The number of thiazole rings is 1. The van der Waals surface area contributed by atoms with Crippen molar-refractivity contribution >= 4 is 34.0 Å². The van der Waals surface area contributed by atoms with E-state index in [4.69, 9.17) is 5.26 Å². The van der Waals surface area contributed by atoms with Crippen molar-refractivity contribution in [3.63, 3.8) is 0 Å². The van der Waals surface area contributed by atoms with Crippen molar-refractivity contribution in [2.75, 3.05) is 23.7 Å². The fourth-order valence-corrected chi connectivity index (χ4v) is 3.58. The SMILES string of the molecule is CC(=O)Nc1ccccc1-c1cnc(NC(=O)C2CCN(C#N)C2)s1. The zero-order chi connectivity index (χ0) is 17.8. The minimum Gasteiger partial charge on any atom is -0.326 e. The summed E-state index contributed by atoms with van der Waals surface area (Å²) in [6.07, 6.45) is 4.41. The number of nitriles is 1. The van der Waals surface area contributed by atoms with Crippen molar-refractivity contribution in [2.45, 2.75) is 13.3 Å².